The molecule has 0 spiro atoms. The van der Waals surface area contributed by atoms with Gasteiger partial charge in [0.25, 0.3) is 0 Å². The van der Waals surface area contributed by atoms with E-state index >= 15 is 0 Å². The van der Waals surface area contributed by atoms with Gasteiger partial charge in [0, 0.05) is 20.4 Å². The lowest BCUT2D eigenvalue weighted by Gasteiger charge is -2.33. The fraction of sp³-hybridized carbons (Fsp3) is 0.462. The smallest absolute Gasteiger partial charge is 0.115 e. The highest BCUT2D eigenvalue weighted by Crippen LogP contribution is 2.42. The second-order valence-electron chi connectivity index (χ2n) is 4.97. The number of alkyl halides is 1. The van der Waals surface area contributed by atoms with Crippen LogP contribution < -0.4 is 5.43 Å². The number of halogens is 3. The van der Waals surface area contributed by atoms with Crippen LogP contribution in [0.25, 0.3) is 0 Å². The lowest BCUT2D eigenvalue weighted by Crippen LogP contribution is -2.44. The van der Waals surface area contributed by atoms with Gasteiger partial charge in [-0.3, -0.25) is 10.0 Å². The Morgan fingerprint density at radius 1 is 1.50 bits per heavy atom. The maximum Gasteiger partial charge on any atom is 0.115 e. The van der Waals surface area contributed by atoms with E-state index in [1.165, 1.54) is 0 Å². The lowest BCUT2D eigenvalue weighted by atomic mass is 9.90. The molecule has 0 amide bonds. The van der Waals surface area contributed by atoms with Gasteiger partial charge in [0.15, 0.2) is 0 Å². The molecule has 7 heteroatoms. The molecule has 1 aromatic rings. The highest BCUT2D eigenvalue weighted by molar-refractivity contribution is 9.09. The number of ether oxygens (including phenoxy) is 1. The van der Waals surface area contributed by atoms with Crippen molar-refractivity contribution in [1.29, 1.82) is 0 Å². The SMILES string of the molecule is Clc1ccc(C2(CN3C=NCN3)CC(Br)CO2)c(Cl)c1. The van der Waals surface area contributed by atoms with E-state index in [0.29, 0.717) is 34.7 Å². The summed E-state index contributed by atoms with van der Waals surface area (Å²) in [4.78, 5) is 4.47. The number of rotatable bonds is 3. The Kier molecular flexibility index (Phi) is 4.24. The largest absolute Gasteiger partial charge is 0.367 e. The summed E-state index contributed by atoms with van der Waals surface area (Å²) in [6, 6.07) is 5.56. The fourth-order valence-electron chi connectivity index (χ4n) is 2.65. The van der Waals surface area contributed by atoms with Crippen molar-refractivity contribution in [3.63, 3.8) is 0 Å². The van der Waals surface area contributed by atoms with Gasteiger partial charge in [0.2, 0.25) is 0 Å². The molecule has 1 N–H and O–H groups in total. The van der Waals surface area contributed by atoms with Gasteiger partial charge in [-0.2, -0.15) is 0 Å². The number of benzene rings is 1. The van der Waals surface area contributed by atoms with Crippen LogP contribution in [0, 0.1) is 0 Å². The second-order valence-corrected chi connectivity index (χ2v) is 7.11. The van der Waals surface area contributed by atoms with Crippen molar-refractivity contribution < 1.29 is 4.74 Å². The number of aliphatic imine (C=N–C) groups is 1. The maximum atomic E-state index is 6.38. The Labute approximate surface area is 136 Å². The highest BCUT2D eigenvalue weighted by Gasteiger charge is 2.44. The monoisotopic (exact) mass is 377 g/mol. The van der Waals surface area contributed by atoms with Crippen molar-refractivity contribution in [2.75, 3.05) is 19.8 Å². The average Bonchev–Trinajstić information content (AvgIpc) is 3.00. The normalized spacial score (nSPS) is 29.4. The van der Waals surface area contributed by atoms with Crippen LogP contribution in [-0.2, 0) is 10.3 Å². The third kappa shape index (κ3) is 2.83. The van der Waals surface area contributed by atoms with Crippen molar-refractivity contribution in [2.45, 2.75) is 16.8 Å². The first-order valence-electron chi connectivity index (χ1n) is 6.33. The first kappa shape index (κ1) is 14.6. The average molecular weight is 379 g/mol. The van der Waals surface area contributed by atoms with Crippen LogP contribution in [0.5, 0.6) is 0 Å². The first-order chi connectivity index (χ1) is 9.59. The summed E-state index contributed by atoms with van der Waals surface area (Å²) in [5.41, 5.74) is 3.68. The van der Waals surface area contributed by atoms with E-state index in [0.717, 1.165) is 12.0 Å². The fourth-order valence-corrected chi connectivity index (χ4v) is 3.89. The van der Waals surface area contributed by atoms with Gasteiger partial charge in [-0.1, -0.05) is 45.2 Å². The molecule has 2 unspecified atom stereocenters. The Morgan fingerprint density at radius 2 is 2.35 bits per heavy atom. The van der Waals surface area contributed by atoms with Crippen LogP contribution in [-0.4, -0.2) is 36.0 Å². The van der Waals surface area contributed by atoms with E-state index in [-0.39, 0.29) is 0 Å². The Balaban J connectivity index is 1.94. The summed E-state index contributed by atoms with van der Waals surface area (Å²) in [5, 5.41) is 3.20. The van der Waals surface area contributed by atoms with Crippen LogP contribution in [0.3, 0.4) is 0 Å². The standard InChI is InChI=1S/C13H14BrCl2N3O/c14-9-4-13(20-5-9,6-19-8-17-7-18-19)11-2-1-10(15)3-12(11)16/h1-3,8-9,18H,4-7H2. The van der Waals surface area contributed by atoms with Crippen LogP contribution >= 0.6 is 39.1 Å². The molecule has 1 fully saturated rings. The van der Waals surface area contributed by atoms with Gasteiger partial charge in [-0.15, -0.1) is 0 Å². The molecule has 0 aromatic heterocycles. The minimum atomic E-state index is -0.459. The van der Waals surface area contributed by atoms with E-state index < -0.39 is 5.60 Å². The van der Waals surface area contributed by atoms with Crippen molar-refractivity contribution >= 4 is 45.5 Å². The number of nitrogens with one attached hydrogen (secondary N) is 1. The van der Waals surface area contributed by atoms with Gasteiger partial charge >= 0.3 is 0 Å². The first-order valence-corrected chi connectivity index (χ1v) is 8.00. The summed E-state index contributed by atoms with van der Waals surface area (Å²) in [5.74, 6) is 0. The number of hydrazine groups is 1. The van der Waals surface area contributed by atoms with Gasteiger partial charge in [0.05, 0.1) is 13.2 Å². The van der Waals surface area contributed by atoms with Crippen LogP contribution in [0.2, 0.25) is 10.0 Å². The molecule has 2 heterocycles. The van der Waals surface area contributed by atoms with E-state index in [1.807, 2.05) is 17.1 Å². The van der Waals surface area contributed by atoms with E-state index in [2.05, 4.69) is 26.3 Å². The Hall–Kier alpha value is -0.330. The molecule has 3 rings (SSSR count). The minimum Gasteiger partial charge on any atom is -0.367 e. The molecule has 2 atom stereocenters. The van der Waals surface area contributed by atoms with Crippen LogP contribution in [0.1, 0.15) is 12.0 Å². The second kappa shape index (κ2) is 5.81. The summed E-state index contributed by atoms with van der Waals surface area (Å²) >= 11 is 16.0. The molecule has 0 radical (unpaired) electrons. The molecule has 2 aliphatic rings. The quantitative estimate of drug-likeness (QED) is 0.820. The molecule has 1 saturated heterocycles. The van der Waals surface area contributed by atoms with E-state index in [1.54, 1.807) is 12.4 Å². The molecule has 0 aliphatic carbocycles. The zero-order chi connectivity index (χ0) is 14.2. The molecular formula is C13H14BrCl2N3O. The third-order valence-corrected chi connectivity index (χ3v) is 4.66. The molecule has 0 bridgehead atoms. The van der Waals surface area contributed by atoms with E-state index in [9.17, 15) is 0 Å². The van der Waals surface area contributed by atoms with Crippen LogP contribution in [0.4, 0.5) is 0 Å². The Morgan fingerprint density at radius 3 is 2.95 bits per heavy atom. The van der Waals surface area contributed by atoms with Gasteiger partial charge in [-0.25, -0.2) is 5.43 Å². The minimum absolute atomic E-state index is 0.314. The van der Waals surface area contributed by atoms with Crippen molar-refractivity contribution in [3.05, 3.63) is 33.8 Å². The summed E-state index contributed by atoms with van der Waals surface area (Å²) in [7, 11) is 0. The van der Waals surface area contributed by atoms with Crippen molar-refractivity contribution in [3.8, 4) is 0 Å². The molecule has 2 aliphatic heterocycles. The number of hydrogen-bond acceptors (Lipinski definition) is 4. The summed E-state index contributed by atoms with van der Waals surface area (Å²) < 4.78 is 6.10. The van der Waals surface area contributed by atoms with Gasteiger partial charge in [-0.05, 0) is 18.6 Å². The van der Waals surface area contributed by atoms with E-state index in [4.69, 9.17) is 27.9 Å². The molecular weight excluding hydrogens is 365 g/mol. The molecule has 20 heavy (non-hydrogen) atoms. The summed E-state index contributed by atoms with van der Waals surface area (Å²) in [6.45, 7) is 1.91. The number of nitrogens with zero attached hydrogens (tertiary/aromatic N) is 2. The topological polar surface area (TPSA) is 36.9 Å². The van der Waals surface area contributed by atoms with Crippen molar-refractivity contribution in [2.24, 2.45) is 4.99 Å². The predicted molar refractivity (Wildman–Crippen MR) is 84.6 cm³/mol. The summed E-state index contributed by atoms with van der Waals surface area (Å²) in [6.07, 6.45) is 2.64. The molecule has 108 valence electrons. The molecule has 0 saturated carbocycles. The molecule has 1 aromatic carbocycles. The number of hydrogen-bond donors (Lipinski definition) is 1. The van der Waals surface area contributed by atoms with Gasteiger partial charge in [0.1, 0.15) is 18.6 Å². The highest BCUT2D eigenvalue weighted by atomic mass is 79.9. The molecule has 4 nitrogen and oxygen atoms in total. The zero-order valence-electron chi connectivity index (χ0n) is 10.7. The van der Waals surface area contributed by atoms with Crippen LogP contribution in [0.15, 0.2) is 23.2 Å². The maximum absolute atomic E-state index is 6.38. The third-order valence-electron chi connectivity index (χ3n) is 3.53. The lowest BCUT2D eigenvalue weighted by molar-refractivity contribution is -0.0198. The predicted octanol–water partition coefficient (Wildman–Crippen LogP) is 3.18. The van der Waals surface area contributed by atoms with Crippen molar-refractivity contribution in [1.82, 2.24) is 10.4 Å². The van der Waals surface area contributed by atoms with Gasteiger partial charge < -0.3 is 4.74 Å². The Bertz CT molecular complexity index is 542. The zero-order valence-corrected chi connectivity index (χ0v) is 13.7.